The highest BCUT2D eigenvalue weighted by molar-refractivity contribution is 6.31. The summed E-state index contributed by atoms with van der Waals surface area (Å²) in [6.07, 6.45) is 1.87. The molecule has 0 heterocycles. The van der Waals surface area contributed by atoms with Gasteiger partial charge in [-0.1, -0.05) is 23.7 Å². The van der Waals surface area contributed by atoms with Crippen LogP contribution in [0.3, 0.4) is 0 Å². The number of amides is 2. The van der Waals surface area contributed by atoms with E-state index >= 15 is 0 Å². The maximum Gasteiger partial charge on any atom is 0.226 e. The van der Waals surface area contributed by atoms with E-state index in [0.29, 0.717) is 23.8 Å². The number of carbonyl (C=O) groups is 2. The first-order valence-electron chi connectivity index (χ1n) is 6.36. The molecular formula is C15H19ClN2O2. The molecule has 108 valence electrons. The molecule has 1 rings (SSSR count). The number of hydrogen-bond acceptors (Lipinski definition) is 2. The fourth-order valence-corrected chi connectivity index (χ4v) is 1.84. The summed E-state index contributed by atoms with van der Waals surface area (Å²) in [4.78, 5) is 24.7. The largest absolute Gasteiger partial charge is 0.339 e. The molecule has 2 amide bonds. The van der Waals surface area contributed by atoms with Gasteiger partial charge in [-0.2, -0.15) is 0 Å². The maximum atomic E-state index is 11.8. The van der Waals surface area contributed by atoms with Gasteiger partial charge in [-0.05, 0) is 24.6 Å². The molecule has 1 aromatic rings. The van der Waals surface area contributed by atoms with Gasteiger partial charge in [0.25, 0.3) is 0 Å². The molecule has 0 atom stereocenters. The van der Waals surface area contributed by atoms with Gasteiger partial charge in [0.15, 0.2) is 0 Å². The minimum Gasteiger partial charge on any atom is -0.339 e. The number of nitrogens with zero attached hydrogens (tertiary/aromatic N) is 1. The smallest absolute Gasteiger partial charge is 0.226 e. The van der Waals surface area contributed by atoms with Gasteiger partial charge >= 0.3 is 0 Å². The van der Waals surface area contributed by atoms with Gasteiger partial charge in [-0.25, -0.2) is 0 Å². The zero-order valence-corrected chi connectivity index (χ0v) is 12.5. The van der Waals surface area contributed by atoms with Crippen molar-refractivity contribution in [2.24, 2.45) is 0 Å². The van der Waals surface area contributed by atoms with Crippen LogP contribution in [-0.2, 0) is 9.59 Å². The van der Waals surface area contributed by atoms with Crippen LogP contribution in [0, 0.1) is 6.92 Å². The summed E-state index contributed by atoms with van der Waals surface area (Å²) >= 11 is 5.99. The third-order valence-corrected chi connectivity index (χ3v) is 3.27. The van der Waals surface area contributed by atoms with Crippen molar-refractivity contribution < 1.29 is 9.59 Å². The van der Waals surface area contributed by atoms with Crippen molar-refractivity contribution in [2.75, 3.05) is 18.4 Å². The lowest BCUT2D eigenvalue weighted by molar-refractivity contribution is -0.128. The van der Waals surface area contributed by atoms with Crippen molar-refractivity contribution >= 4 is 29.1 Å². The molecule has 4 nitrogen and oxygen atoms in total. The van der Waals surface area contributed by atoms with Crippen LogP contribution in [0.5, 0.6) is 0 Å². The topological polar surface area (TPSA) is 49.4 Å². The maximum absolute atomic E-state index is 11.8. The molecule has 0 aliphatic carbocycles. The van der Waals surface area contributed by atoms with Crippen LogP contribution >= 0.6 is 11.6 Å². The van der Waals surface area contributed by atoms with Crippen LogP contribution in [-0.4, -0.2) is 29.8 Å². The first-order valence-corrected chi connectivity index (χ1v) is 6.74. The summed E-state index contributed by atoms with van der Waals surface area (Å²) in [5.74, 6) is -0.226. The Kier molecular flexibility index (Phi) is 6.25. The van der Waals surface area contributed by atoms with Crippen LogP contribution in [0.4, 0.5) is 5.69 Å². The third kappa shape index (κ3) is 5.05. The molecule has 0 aromatic heterocycles. The van der Waals surface area contributed by atoms with Crippen molar-refractivity contribution in [2.45, 2.75) is 20.3 Å². The number of hydrogen-bond donors (Lipinski definition) is 1. The quantitative estimate of drug-likeness (QED) is 0.820. The van der Waals surface area contributed by atoms with Gasteiger partial charge < -0.3 is 10.2 Å². The zero-order chi connectivity index (χ0) is 15.1. The molecule has 20 heavy (non-hydrogen) atoms. The zero-order valence-electron chi connectivity index (χ0n) is 11.8. The predicted octanol–water partition coefficient (Wildman–Crippen LogP) is 3.01. The standard InChI is InChI=1S/C15H19ClN2O2/c1-4-8-18(12(3)19)9-7-15(20)17-13-6-5-11(2)14(16)10-13/h4-6,10H,1,7-9H2,2-3H3,(H,17,20). The molecular weight excluding hydrogens is 276 g/mol. The minimum absolute atomic E-state index is 0.0731. The average molecular weight is 295 g/mol. The summed E-state index contributed by atoms with van der Waals surface area (Å²) in [5.41, 5.74) is 1.61. The Morgan fingerprint density at radius 3 is 2.70 bits per heavy atom. The van der Waals surface area contributed by atoms with Crippen LogP contribution in [0.25, 0.3) is 0 Å². The number of rotatable bonds is 6. The second kappa shape index (κ2) is 7.70. The van der Waals surface area contributed by atoms with Crippen molar-refractivity contribution in [1.82, 2.24) is 4.90 Å². The molecule has 0 aliphatic heterocycles. The van der Waals surface area contributed by atoms with Gasteiger partial charge in [-0.3, -0.25) is 9.59 Å². The fraction of sp³-hybridized carbons (Fsp3) is 0.333. The lowest BCUT2D eigenvalue weighted by Gasteiger charge is -2.18. The molecule has 5 heteroatoms. The lowest BCUT2D eigenvalue weighted by Crippen LogP contribution is -2.32. The van der Waals surface area contributed by atoms with Crippen LogP contribution in [0.15, 0.2) is 30.9 Å². The Balaban J connectivity index is 2.52. The Bertz CT molecular complexity index is 515. The minimum atomic E-state index is -0.153. The Morgan fingerprint density at radius 1 is 1.45 bits per heavy atom. The molecule has 0 fully saturated rings. The second-order valence-electron chi connectivity index (χ2n) is 4.52. The van der Waals surface area contributed by atoms with Crippen molar-refractivity contribution in [3.8, 4) is 0 Å². The van der Waals surface area contributed by atoms with Gasteiger partial charge in [0.1, 0.15) is 0 Å². The number of nitrogens with one attached hydrogen (secondary N) is 1. The van der Waals surface area contributed by atoms with Gasteiger partial charge in [0.05, 0.1) is 0 Å². The monoisotopic (exact) mass is 294 g/mol. The summed E-state index contributed by atoms with van der Waals surface area (Å²) in [6.45, 7) is 7.77. The molecule has 0 saturated heterocycles. The molecule has 0 spiro atoms. The molecule has 0 bridgehead atoms. The van der Waals surface area contributed by atoms with Crippen LogP contribution in [0.2, 0.25) is 5.02 Å². The first-order chi connectivity index (χ1) is 9.43. The van der Waals surface area contributed by atoms with E-state index in [2.05, 4.69) is 11.9 Å². The second-order valence-corrected chi connectivity index (χ2v) is 4.92. The van der Waals surface area contributed by atoms with Crippen molar-refractivity contribution in [3.63, 3.8) is 0 Å². The van der Waals surface area contributed by atoms with E-state index in [9.17, 15) is 9.59 Å². The van der Waals surface area contributed by atoms with E-state index in [1.54, 1.807) is 23.1 Å². The molecule has 0 aliphatic rings. The van der Waals surface area contributed by atoms with E-state index < -0.39 is 0 Å². The van der Waals surface area contributed by atoms with Gasteiger partial charge in [0, 0.05) is 37.1 Å². The van der Waals surface area contributed by atoms with Crippen molar-refractivity contribution in [1.29, 1.82) is 0 Å². The van der Waals surface area contributed by atoms with E-state index in [4.69, 9.17) is 11.6 Å². The molecule has 1 N–H and O–H groups in total. The number of anilines is 1. The Hall–Kier alpha value is -1.81. The first kappa shape index (κ1) is 16.2. The number of halogens is 1. The average Bonchev–Trinajstić information content (AvgIpc) is 2.38. The summed E-state index contributed by atoms with van der Waals surface area (Å²) in [7, 11) is 0. The predicted molar refractivity (Wildman–Crippen MR) is 81.9 cm³/mol. The third-order valence-electron chi connectivity index (χ3n) is 2.86. The summed E-state index contributed by atoms with van der Waals surface area (Å²) in [6, 6.07) is 5.35. The van der Waals surface area contributed by atoms with Crippen LogP contribution < -0.4 is 5.32 Å². The lowest BCUT2D eigenvalue weighted by atomic mass is 10.2. The van der Waals surface area contributed by atoms with E-state index in [1.807, 2.05) is 13.0 Å². The van der Waals surface area contributed by atoms with Gasteiger partial charge in [0.2, 0.25) is 11.8 Å². The molecule has 0 saturated carbocycles. The highest BCUT2D eigenvalue weighted by Gasteiger charge is 2.10. The summed E-state index contributed by atoms with van der Waals surface area (Å²) in [5, 5.41) is 3.37. The number of aryl methyl sites for hydroxylation is 1. The number of benzene rings is 1. The van der Waals surface area contributed by atoms with E-state index in [0.717, 1.165) is 5.56 Å². The number of carbonyl (C=O) groups excluding carboxylic acids is 2. The highest BCUT2D eigenvalue weighted by atomic mass is 35.5. The Labute approximate surface area is 124 Å². The SMILES string of the molecule is C=CCN(CCC(=O)Nc1ccc(C)c(Cl)c1)C(C)=O. The Morgan fingerprint density at radius 2 is 2.15 bits per heavy atom. The normalized spacial score (nSPS) is 9.95. The fourth-order valence-electron chi connectivity index (χ4n) is 1.66. The highest BCUT2D eigenvalue weighted by Crippen LogP contribution is 2.19. The summed E-state index contributed by atoms with van der Waals surface area (Å²) < 4.78 is 0. The molecule has 0 unspecified atom stereocenters. The van der Waals surface area contributed by atoms with Gasteiger partial charge in [-0.15, -0.1) is 6.58 Å². The van der Waals surface area contributed by atoms with E-state index in [-0.39, 0.29) is 18.2 Å². The van der Waals surface area contributed by atoms with Crippen molar-refractivity contribution in [3.05, 3.63) is 41.4 Å². The van der Waals surface area contributed by atoms with Crippen LogP contribution in [0.1, 0.15) is 18.9 Å². The van der Waals surface area contributed by atoms with E-state index in [1.165, 1.54) is 6.92 Å². The molecule has 1 aromatic carbocycles. The molecule has 0 radical (unpaired) electrons.